The average molecular weight is 420 g/mol. The van der Waals surface area contributed by atoms with Crippen LogP contribution in [0.5, 0.6) is 0 Å². The van der Waals surface area contributed by atoms with Gasteiger partial charge < -0.3 is 5.32 Å². The van der Waals surface area contributed by atoms with Crippen molar-refractivity contribution < 1.29 is 4.79 Å². The number of amides is 1. The Bertz CT molecular complexity index is 1040. The Morgan fingerprint density at radius 1 is 1.29 bits per heavy atom. The van der Waals surface area contributed by atoms with E-state index in [1.807, 2.05) is 26.0 Å². The van der Waals surface area contributed by atoms with Gasteiger partial charge in [0.1, 0.15) is 5.52 Å². The molecule has 0 aliphatic rings. The Balaban J connectivity index is 1.72. The second-order valence-electron chi connectivity index (χ2n) is 6.93. The minimum absolute atomic E-state index is 0.128. The highest BCUT2D eigenvalue weighted by Gasteiger charge is 2.16. The average Bonchev–Trinajstić information content (AvgIpc) is 3.02. The quantitative estimate of drug-likeness (QED) is 0.470. The zero-order chi connectivity index (χ0) is 20.3. The summed E-state index contributed by atoms with van der Waals surface area (Å²) in [7, 11) is 1.75. The van der Waals surface area contributed by atoms with E-state index in [4.69, 9.17) is 11.6 Å². The molecule has 0 saturated heterocycles. The van der Waals surface area contributed by atoms with E-state index in [-0.39, 0.29) is 23.1 Å². The van der Waals surface area contributed by atoms with Crippen molar-refractivity contribution in [1.29, 1.82) is 0 Å². The number of fused-ring (bicyclic) bond motifs is 1. The van der Waals surface area contributed by atoms with E-state index >= 15 is 0 Å². The van der Waals surface area contributed by atoms with Crippen molar-refractivity contribution in [2.75, 3.05) is 5.75 Å². The van der Waals surface area contributed by atoms with E-state index < -0.39 is 0 Å². The first-order valence-electron chi connectivity index (χ1n) is 8.91. The number of aryl methyl sites for hydroxylation is 1. The monoisotopic (exact) mass is 419 g/mol. The third kappa shape index (κ3) is 4.94. The van der Waals surface area contributed by atoms with Crippen molar-refractivity contribution in [2.45, 2.75) is 32.1 Å². The highest BCUT2D eigenvalue weighted by atomic mass is 35.5. The number of hydrogen-bond donors (Lipinski definition) is 1. The van der Waals surface area contributed by atoms with Crippen LogP contribution in [0, 0.1) is 5.92 Å². The van der Waals surface area contributed by atoms with Crippen molar-refractivity contribution in [3.05, 3.63) is 51.4 Å². The fraction of sp³-hybridized carbons (Fsp3) is 0.368. The van der Waals surface area contributed by atoms with Crippen LogP contribution in [0.1, 0.15) is 19.4 Å². The van der Waals surface area contributed by atoms with E-state index in [0.29, 0.717) is 34.3 Å². The lowest BCUT2D eigenvalue weighted by Crippen LogP contribution is -2.27. The first-order valence-corrected chi connectivity index (χ1v) is 10.3. The molecule has 0 bridgehead atoms. The zero-order valence-corrected chi connectivity index (χ0v) is 17.5. The van der Waals surface area contributed by atoms with Gasteiger partial charge >= 0.3 is 0 Å². The molecule has 0 fully saturated rings. The van der Waals surface area contributed by atoms with Crippen LogP contribution in [-0.2, 0) is 24.9 Å². The lowest BCUT2D eigenvalue weighted by Gasteiger charge is -2.13. The summed E-state index contributed by atoms with van der Waals surface area (Å²) in [4.78, 5) is 29.6. The van der Waals surface area contributed by atoms with E-state index in [2.05, 4.69) is 15.4 Å². The van der Waals surface area contributed by atoms with E-state index in [1.54, 1.807) is 34.6 Å². The second-order valence-corrected chi connectivity index (χ2v) is 8.31. The highest BCUT2D eigenvalue weighted by molar-refractivity contribution is 7.99. The van der Waals surface area contributed by atoms with E-state index in [0.717, 1.165) is 5.56 Å². The highest BCUT2D eigenvalue weighted by Crippen LogP contribution is 2.18. The maximum atomic E-state index is 12.8. The number of nitrogens with zero attached hydrogens (tertiary/aromatic N) is 4. The third-order valence-corrected chi connectivity index (χ3v) is 5.22. The standard InChI is InChI=1S/C19H22ClN5O2S/c1-12(2)9-25-18(27)17-15(10-24(3)23-17)22-19(25)28-11-16(26)21-8-13-4-6-14(20)7-5-13/h4-7,10,12H,8-9,11H2,1-3H3,(H,21,26). The lowest BCUT2D eigenvalue weighted by atomic mass is 10.2. The fourth-order valence-electron chi connectivity index (χ4n) is 2.71. The number of carbonyl (C=O) groups is 1. The Kier molecular flexibility index (Phi) is 6.41. The molecule has 1 aromatic carbocycles. The van der Waals surface area contributed by atoms with Crippen LogP contribution in [0.25, 0.3) is 11.0 Å². The Morgan fingerprint density at radius 3 is 2.68 bits per heavy atom. The third-order valence-electron chi connectivity index (χ3n) is 3.99. The van der Waals surface area contributed by atoms with Crippen LogP contribution in [0.15, 0.2) is 40.4 Å². The van der Waals surface area contributed by atoms with Crippen LogP contribution < -0.4 is 10.9 Å². The van der Waals surface area contributed by atoms with E-state index in [9.17, 15) is 9.59 Å². The van der Waals surface area contributed by atoms with Crippen LogP contribution in [0.2, 0.25) is 5.02 Å². The predicted octanol–water partition coefficient (Wildman–Crippen LogP) is 2.85. The number of thioether (sulfide) groups is 1. The SMILES string of the molecule is CC(C)Cn1c(SCC(=O)NCc2ccc(Cl)cc2)nc2cn(C)nc2c1=O. The Hall–Kier alpha value is -2.32. The molecule has 9 heteroatoms. The summed E-state index contributed by atoms with van der Waals surface area (Å²) in [6.07, 6.45) is 1.71. The second kappa shape index (κ2) is 8.79. The van der Waals surface area contributed by atoms with Crippen molar-refractivity contribution in [2.24, 2.45) is 13.0 Å². The number of benzene rings is 1. The van der Waals surface area contributed by atoms with Gasteiger partial charge in [0, 0.05) is 25.2 Å². The summed E-state index contributed by atoms with van der Waals surface area (Å²) in [5.41, 5.74) is 1.68. The number of halogens is 1. The van der Waals surface area contributed by atoms with Crippen molar-refractivity contribution in [3.8, 4) is 0 Å². The summed E-state index contributed by atoms with van der Waals surface area (Å²) in [5.74, 6) is 0.305. The molecule has 2 heterocycles. The maximum absolute atomic E-state index is 12.8. The maximum Gasteiger partial charge on any atom is 0.282 e. The molecule has 7 nitrogen and oxygen atoms in total. The largest absolute Gasteiger partial charge is 0.351 e. The van der Waals surface area contributed by atoms with Crippen LogP contribution in [-0.4, -0.2) is 31.0 Å². The van der Waals surface area contributed by atoms with E-state index in [1.165, 1.54) is 11.8 Å². The van der Waals surface area contributed by atoms with Gasteiger partial charge in [-0.3, -0.25) is 18.8 Å². The Morgan fingerprint density at radius 2 is 2.00 bits per heavy atom. The van der Waals surface area contributed by atoms with Gasteiger partial charge in [-0.05, 0) is 23.6 Å². The van der Waals surface area contributed by atoms with Crippen LogP contribution in [0.3, 0.4) is 0 Å². The molecule has 0 aliphatic carbocycles. The number of hydrogen-bond acceptors (Lipinski definition) is 5. The first-order chi connectivity index (χ1) is 13.3. The lowest BCUT2D eigenvalue weighted by molar-refractivity contribution is -0.118. The van der Waals surface area contributed by atoms with Crippen molar-refractivity contribution in [3.63, 3.8) is 0 Å². The van der Waals surface area contributed by atoms with Gasteiger partial charge in [0.25, 0.3) is 5.56 Å². The number of aromatic nitrogens is 4. The molecule has 0 radical (unpaired) electrons. The van der Waals surface area contributed by atoms with Gasteiger partial charge in [-0.2, -0.15) is 5.10 Å². The summed E-state index contributed by atoms with van der Waals surface area (Å²) in [5, 5.41) is 8.27. The molecule has 1 amide bonds. The molecule has 1 N–H and O–H groups in total. The molecule has 148 valence electrons. The number of carbonyl (C=O) groups excluding carboxylic acids is 1. The number of rotatable bonds is 7. The Labute approximate surface area is 172 Å². The molecule has 0 spiro atoms. The molecule has 2 aromatic heterocycles. The summed E-state index contributed by atoms with van der Waals surface area (Å²) in [6.45, 7) is 5.00. The first kappa shape index (κ1) is 20.4. The molecular weight excluding hydrogens is 398 g/mol. The molecular formula is C19H22ClN5O2S. The number of nitrogens with one attached hydrogen (secondary N) is 1. The van der Waals surface area contributed by atoms with Gasteiger partial charge in [0.2, 0.25) is 5.91 Å². The molecule has 3 aromatic rings. The molecule has 0 saturated carbocycles. The zero-order valence-electron chi connectivity index (χ0n) is 16.0. The minimum Gasteiger partial charge on any atom is -0.351 e. The van der Waals surface area contributed by atoms with Crippen LogP contribution >= 0.6 is 23.4 Å². The normalized spacial score (nSPS) is 11.3. The molecule has 28 heavy (non-hydrogen) atoms. The molecule has 3 rings (SSSR count). The predicted molar refractivity (Wildman–Crippen MR) is 112 cm³/mol. The van der Waals surface area contributed by atoms with Gasteiger partial charge in [-0.15, -0.1) is 0 Å². The molecule has 0 unspecified atom stereocenters. The van der Waals surface area contributed by atoms with Crippen molar-refractivity contribution >= 4 is 40.3 Å². The van der Waals surface area contributed by atoms with Gasteiger partial charge in [-0.25, -0.2) is 4.98 Å². The van der Waals surface area contributed by atoms with Crippen molar-refractivity contribution in [1.82, 2.24) is 24.6 Å². The smallest absolute Gasteiger partial charge is 0.282 e. The fourth-order valence-corrected chi connectivity index (χ4v) is 3.67. The minimum atomic E-state index is -0.177. The molecule has 0 aliphatic heterocycles. The van der Waals surface area contributed by atoms with Gasteiger partial charge in [-0.1, -0.05) is 49.3 Å². The topological polar surface area (TPSA) is 81.8 Å². The van der Waals surface area contributed by atoms with Crippen LogP contribution in [0.4, 0.5) is 0 Å². The summed E-state index contributed by atoms with van der Waals surface area (Å²) < 4.78 is 3.18. The molecule has 0 atom stereocenters. The van der Waals surface area contributed by atoms with Gasteiger partial charge in [0.15, 0.2) is 10.7 Å². The summed E-state index contributed by atoms with van der Waals surface area (Å²) in [6, 6.07) is 7.31. The van der Waals surface area contributed by atoms with Gasteiger partial charge in [0.05, 0.1) is 11.9 Å². The summed E-state index contributed by atoms with van der Waals surface area (Å²) >= 11 is 7.12.